The van der Waals surface area contributed by atoms with Crippen molar-refractivity contribution < 1.29 is 9.94 Å². The summed E-state index contributed by atoms with van der Waals surface area (Å²) in [4.78, 5) is 4.28. The number of halogens is 2. The van der Waals surface area contributed by atoms with Gasteiger partial charge in [0.05, 0.1) is 34.0 Å². The standard InChI is InChI=1S/C11H8BrClN2O2/c1-17-11-4-10-7(3-8(11)12)9(13)2-6(15-10)5-14-16/h2-5,16H,1H3/b14-5-. The number of methoxy groups -OCH3 is 1. The van der Waals surface area contributed by atoms with E-state index in [9.17, 15) is 0 Å². The third-order valence-corrected chi connectivity index (χ3v) is 3.17. The number of hydrogen-bond acceptors (Lipinski definition) is 4. The molecular weight excluding hydrogens is 307 g/mol. The minimum atomic E-state index is 0.481. The molecular formula is C11H8BrClN2O2. The second kappa shape index (κ2) is 4.89. The first-order valence-corrected chi connectivity index (χ1v) is 5.84. The van der Waals surface area contributed by atoms with Gasteiger partial charge in [-0.3, -0.25) is 0 Å². The predicted molar refractivity (Wildman–Crippen MR) is 70.4 cm³/mol. The highest BCUT2D eigenvalue weighted by Gasteiger charge is 2.08. The Hall–Kier alpha value is -1.33. The molecule has 0 atom stereocenters. The molecule has 6 heteroatoms. The molecule has 1 aromatic heterocycles. The number of ether oxygens (including phenoxy) is 1. The summed E-state index contributed by atoms with van der Waals surface area (Å²) in [5.41, 5.74) is 1.15. The molecule has 17 heavy (non-hydrogen) atoms. The molecule has 4 nitrogen and oxygen atoms in total. The minimum Gasteiger partial charge on any atom is -0.495 e. The van der Waals surface area contributed by atoms with Gasteiger partial charge in [-0.25, -0.2) is 4.98 Å². The van der Waals surface area contributed by atoms with Crippen LogP contribution in [0.5, 0.6) is 5.75 Å². The molecule has 1 N–H and O–H groups in total. The number of rotatable bonds is 2. The summed E-state index contributed by atoms with van der Waals surface area (Å²) in [6.07, 6.45) is 1.22. The van der Waals surface area contributed by atoms with Gasteiger partial charge in [-0.1, -0.05) is 16.8 Å². The van der Waals surface area contributed by atoms with Crippen LogP contribution < -0.4 is 4.74 Å². The van der Waals surface area contributed by atoms with Gasteiger partial charge in [0.1, 0.15) is 5.75 Å². The third kappa shape index (κ3) is 2.35. The molecule has 0 aliphatic carbocycles. The van der Waals surface area contributed by atoms with Crippen LogP contribution in [-0.4, -0.2) is 23.5 Å². The molecule has 0 bridgehead atoms. The van der Waals surface area contributed by atoms with Gasteiger partial charge < -0.3 is 9.94 Å². The van der Waals surface area contributed by atoms with Crippen LogP contribution >= 0.6 is 27.5 Å². The van der Waals surface area contributed by atoms with E-state index >= 15 is 0 Å². The van der Waals surface area contributed by atoms with Gasteiger partial charge in [0.25, 0.3) is 0 Å². The first-order valence-electron chi connectivity index (χ1n) is 4.67. The van der Waals surface area contributed by atoms with Gasteiger partial charge >= 0.3 is 0 Å². The van der Waals surface area contributed by atoms with Crippen LogP contribution in [0.4, 0.5) is 0 Å². The Kier molecular flexibility index (Phi) is 3.49. The first-order chi connectivity index (χ1) is 8.15. The molecule has 0 unspecified atom stereocenters. The highest BCUT2D eigenvalue weighted by molar-refractivity contribution is 9.10. The summed E-state index contributed by atoms with van der Waals surface area (Å²) < 4.78 is 5.99. The maximum atomic E-state index is 8.48. The maximum Gasteiger partial charge on any atom is 0.135 e. The maximum absolute atomic E-state index is 8.48. The lowest BCUT2D eigenvalue weighted by Crippen LogP contribution is -1.92. The lowest BCUT2D eigenvalue weighted by Gasteiger charge is -2.07. The Morgan fingerprint density at radius 3 is 2.88 bits per heavy atom. The number of benzene rings is 1. The molecule has 0 amide bonds. The van der Waals surface area contributed by atoms with Crippen molar-refractivity contribution in [2.45, 2.75) is 0 Å². The predicted octanol–water partition coefficient (Wildman–Crippen LogP) is 3.47. The molecule has 0 aliphatic rings. The SMILES string of the molecule is COc1cc2nc(/C=N\O)cc(Cl)c2cc1Br. The van der Waals surface area contributed by atoms with Crippen molar-refractivity contribution in [3.63, 3.8) is 0 Å². The fourth-order valence-electron chi connectivity index (χ4n) is 1.49. The fraction of sp³-hybridized carbons (Fsp3) is 0.0909. The van der Waals surface area contributed by atoms with Crippen molar-refractivity contribution >= 4 is 44.6 Å². The van der Waals surface area contributed by atoms with Crippen LogP contribution in [0.15, 0.2) is 27.8 Å². The Labute approximate surface area is 111 Å². The van der Waals surface area contributed by atoms with Gasteiger partial charge in [0.15, 0.2) is 0 Å². The monoisotopic (exact) mass is 314 g/mol. The molecule has 0 saturated carbocycles. The van der Waals surface area contributed by atoms with E-state index in [1.165, 1.54) is 6.21 Å². The van der Waals surface area contributed by atoms with Gasteiger partial charge in [0, 0.05) is 11.5 Å². The second-order valence-corrected chi connectivity index (χ2v) is 4.54. The van der Waals surface area contributed by atoms with E-state index in [2.05, 4.69) is 26.1 Å². The summed E-state index contributed by atoms with van der Waals surface area (Å²) in [6, 6.07) is 5.23. The minimum absolute atomic E-state index is 0.481. The largest absolute Gasteiger partial charge is 0.495 e. The average Bonchev–Trinajstić information content (AvgIpc) is 2.30. The lowest BCUT2D eigenvalue weighted by molar-refractivity contribution is 0.321. The number of nitrogens with zero attached hydrogens (tertiary/aromatic N) is 2. The van der Waals surface area contributed by atoms with Crippen LogP contribution in [0, 0.1) is 0 Å². The number of hydrogen-bond donors (Lipinski definition) is 1. The zero-order valence-electron chi connectivity index (χ0n) is 8.82. The van der Waals surface area contributed by atoms with Gasteiger partial charge in [-0.15, -0.1) is 0 Å². The Bertz CT molecular complexity index is 602. The highest BCUT2D eigenvalue weighted by atomic mass is 79.9. The van der Waals surface area contributed by atoms with E-state index in [0.29, 0.717) is 22.0 Å². The molecule has 0 aliphatic heterocycles. The van der Waals surface area contributed by atoms with Crippen LogP contribution in [0.2, 0.25) is 5.02 Å². The summed E-state index contributed by atoms with van der Waals surface area (Å²) >= 11 is 9.50. The van der Waals surface area contributed by atoms with E-state index in [0.717, 1.165) is 9.86 Å². The van der Waals surface area contributed by atoms with Crippen molar-refractivity contribution in [1.29, 1.82) is 0 Å². The van der Waals surface area contributed by atoms with E-state index in [4.69, 9.17) is 21.5 Å². The van der Waals surface area contributed by atoms with Crippen LogP contribution in [0.25, 0.3) is 10.9 Å². The number of aromatic nitrogens is 1. The first kappa shape index (κ1) is 12.1. The van der Waals surface area contributed by atoms with Gasteiger partial charge in [-0.2, -0.15) is 0 Å². The average molecular weight is 316 g/mol. The lowest BCUT2D eigenvalue weighted by atomic mass is 10.2. The number of pyridine rings is 1. The Morgan fingerprint density at radius 1 is 1.47 bits per heavy atom. The van der Waals surface area contributed by atoms with Crippen molar-refractivity contribution in [2.24, 2.45) is 5.16 Å². The summed E-state index contributed by atoms with van der Waals surface area (Å²) in [5.74, 6) is 0.666. The van der Waals surface area contributed by atoms with Crippen LogP contribution in [-0.2, 0) is 0 Å². The zero-order valence-corrected chi connectivity index (χ0v) is 11.2. The molecule has 0 saturated heterocycles. The molecule has 88 valence electrons. The fourth-order valence-corrected chi connectivity index (χ4v) is 2.26. The molecule has 0 spiro atoms. The molecule has 0 fully saturated rings. The summed E-state index contributed by atoms with van der Waals surface area (Å²) in [7, 11) is 1.58. The van der Waals surface area contributed by atoms with Crippen LogP contribution in [0.3, 0.4) is 0 Å². The molecule has 0 radical (unpaired) electrons. The van der Waals surface area contributed by atoms with Gasteiger partial charge in [0.2, 0.25) is 0 Å². The Morgan fingerprint density at radius 2 is 2.24 bits per heavy atom. The van der Waals surface area contributed by atoms with Crippen molar-refractivity contribution in [1.82, 2.24) is 4.98 Å². The van der Waals surface area contributed by atoms with Gasteiger partial charge in [-0.05, 0) is 28.1 Å². The van der Waals surface area contributed by atoms with E-state index in [-0.39, 0.29) is 0 Å². The van der Waals surface area contributed by atoms with E-state index in [1.807, 2.05) is 6.07 Å². The van der Waals surface area contributed by atoms with Crippen molar-refractivity contribution in [2.75, 3.05) is 7.11 Å². The molecule has 2 aromatic rings. The normalized spacial score (nSPS) is 11.2. The quantitative estimate of drug-likeness (QED) is 0.524. The number of oxime groups is 1. The molecule has 1 aromatic carbocycles. The topological polar surface area (TPSA) is 54.7 Å². The zero-order chi connectivity index (χ0) is 12.4. The highest BCUT2D eigenvalue weighted by Crippen LogP contribution is 2.32. The molecule has 1 heterocycles. The third-order valence-electron chi connectivity index (χ3n) is 2.24. The van der Waals surface area contributed by atoms with Crippen molar-refractivity contribution in [3.8, 4) is 5.75 Å². The summed E-state index contributed by atoms with van der Waals surface area (Å²) in [6.45, 7) is 0. The second-order valence-electron chi connectivity index (χ2n) is 3.28. The van der Waals surface area contributed by atoms with Crippen LogP contribution in [0.1, 0.15) is 5.69 Å². The Balaban J connectivity index is 2.73. The van der Waals surface area contributed by atoms with E-state index in [1.54, 1.807) is 19.2 Å². The smallest absolute Gasteiger partial charge is 0.135 e. The number of fused-ring (bicyclic) bond motifs is 1. The summed E-state index contributed by atoms with van der Waals surface area (Å²) in [5, 5.41) is 12.7. The van der Waals surface area contributed by atoms with E-state index < -0.39 is 0 Å². The molecule has 2 rings (SSSR count). The van der Waals surface area contributed by atoms with Crippen molar-refractivity contribution in [3.05, 3.63) is 33.4 Å².